The molecule has 3 rings (SSSR count). The number of aromatic nitrogens is 2. The summed E-state index contributed by atoms with van der Waals surface area (Å²) in [5, 5.41) is 3.71. The molecule has 2 bridgehead atoms. The number of fused-ring (bicyclic) bond motifs is 2. The van der Waals surface area contributed by atoms with Crippen LogP contribution in [-0.2, 0) is 6.42 Å². The van der Waals surface area contributed by atoms with Crippen molar-refractivity contribution < 1.29 is 0 Å². The lowest BCUT2D eigenvalue weighted by molar-refractivity contribution is 0.292. The molecule has 2 unspecified atom stereocenters. The molecule has 1 aromatic heterocycles. The number of nitrogens with one attached hydrogen (secondary N) is 1. The van der Waals surface area contributed by atoms with Crippen LogP contribution < -0.4 is 5.32 Å². The average Bonchev–Trinajstić information content (AvgIpc) is 2.85. The van der Waals surface area contributed by atoms with Crippen molar-refractivity contribution in [3.05, 3.63) is 18.2 Å². The lowest BCUT2D eigenvalue weighted by Gasteiger charge is -2.31. The van der Waals surface area contributed by atoms with E-state index in [1.165, 1.54) is 31.4 Å². The van der Waals surface area contributed by atoms with E-state index in [2.05, 4.69) is 34.9 Å². The molecule has 3 nitrogen and oxygen atoms in total. The van der Waals surface area contributed by atoms with Gasteiger partial charge in [0.2, 0.25) is 0 Å². The highest BCUT2D eigenvalue weighted by Crippen LogP contribution is 2.34. The minimum absolute atomic E-state index is 0.685. The van der Waals surface area contributed by atoms with Crippen LogP contribution in [0.5, 0.6) is 0 Å². The van der Waals surface area contributed by atoms with Crippen LogP contribution in [0.4, 0.5) is 0 Å². The molecule has 2 aliphatic heterocycles. The first kappa shape index (κ1) is 11.3. The van der Waals surface area contributed by atoms with Gasteiger partial charge in [-0.15, -0.1) is 0 Å². The fraction of sp³-hybridized carbons (Fsp3) is 0.786. The molecule has 2 atom stereocenters. The molecule has 0 spiro atoms. The maximum absolute atomic E-state index is 4.36. The molecule has 0 saturated carbocycles. The molecular weight excluding hydrogens is 210 g/mol. The molecule has 0 aromatic carbocycles. The number of rotatable bonds is 3. The van der Waals surface area contributed by atoms with Gasteiger partial charge >= 0.3 is 0 Å². The third-order valence-corrected chi connectivity index (χ3v) is 4.21. The van der Waals surface area contributed by atoms with Gasteiger partial charge in [-0.2, -0.15) is 0 Å². The van der Waals surface area contributed by atoms with Gasteiger partial charge in [-0.25, -0.2) is 4.98 Å². The number of hydrogen-bond acceptors (Lipinski definition) is 2. The molecule has 94 valence electrons. The van der Waals surface area contributed by atoms with Gasteiger partial charge in [0.1, 0.15) is 0 Å². The standard InChI is InChI=1S/C14H23N3/c1-10(2)5-14-8-15-9-17(14)13-6-11-3-4-12(7-13)16-11/h8-13,16H,3-7H2,1-2H3. The summed E-state index contributed by atoms with van der Waals surface area (Å²) in [6.45, 7) is 4.56. The second-order valence-corrected chi connectivity index (χ2v) is 6.15. The normalized spacial score (nSPS) is 32.3. The van der Waals surface area contributed by atoms with Gasteiger partial charge in [-0.05, 0) is 38.0 Å². The van der Waals surface area contributed by atoms with Crippen molar-refractivity contribution in [2.75, 3.05) is 0 Å². The summed E-state index contributed by atoms with van der Waals surface area (Å²) in [5.41, 5.74) is 1.42. The summed E-state index contributed by atoms with van der Waals surface area (Å²) < 4.78 is 2.45. The Balaban J connectivity index is 1.77. The topological polar surface area (TPSA) is 29.9 Å². The summed E-state index contributed by atoms with van der Waals surface area (Å²) in [4.78, 5) is 4.36. The van der Waals surface area contributed by atoms with E-state index in [4.69, 9.17) is 0 Å². The van der Waals surface area contributed by atoms with Crippen molar-refractivity contribution >= 4 is 0 Å². The Morgan fingerprint density at radius 1 is 1.35 bits per heavy atom. The summed E-state index contributed by atoms with van der Waals surface area (Å²) in [5.74, 6) is 0.712. The van der Waals surface area contributed by atoms with Crippen LogP contribution in [0.1, 0.15) is 51.3 Å². The maximum Gasteiger partial charge on any atom is 0.0950 e. The molecule has 3 heterocycles. The Labute approximate surface area is 104 Å². The highest BCUT2D eigenvalue weighted by Gasteiger charge is 2.34. The van der Waals surface area contributed by atoms with E-state index in [-0.39, 0.29) is 0 Å². The number of hydrogen-bond donors (Lipinski definition) is 1. The Kier molecular flexibility index (Phi) is 2.95. The van der Waals surface area contributed by atoms with Crippen LogP contribution in [0.3, 0.4) is 0 Å². The molecule has 2 aliphatic rings. The Morgan fingerprint density at radius 3 is 2.71 bits per heavy atom. The van der Waals surface area contributed by atoms with E-state index in [0.29, 0.717) is 12.0 Å². The van der Waals surface area contributed by atoms with Gasteiger partial charge in [0.05, 0.1) is 6.33 Å². The van der Waals surface area contributed by atoms with Crippen LogP contribution in [0, 0.1) is 5.92 Å². The van der Waals surface area contributed by atoms with Gasteiger partial charge in [0.15, 0.2) is 0 Å². The van der Waals surface area contributed by atoms with Crippen molar-refractivity contribution in [1.82, 2.24) is 14.9 Å². The Morgan fingerprint density at radius 2 is 2.06 bits per heavy atom. The lowest BCUT2D eigenvalue weighted by Crippen LogP contribution is -2.39. The van der Waals surface area contributed by atoms with Crippen LogP contribution >= 0.6 is 0 Å². The molecule has 0 radical (unpaired) electrons. The van der Waals surface area contributed by atoms with Crippen molar-refractivity contribution in [2.45, 2.75) is 64.1 Å². The summed E-state index contributed by atoms with van der Waals surface area (Å²) in [7, 11) is 0. The van der Waals surface area contributed by atoms with E-state index in [1.54, 1.807) is 0 Å². The predicted octanol–water partition coefficient (Wildman–Crippen LogP) is 2.54. The highest BCUT2D eigenvalue weighted by atomic mass is 15.1. The zero-order valence-electron chi connectivity index (χ0n) is 10.9. The second kappa shape index (κ2) is 4.45. The van der Waals surface area contributed by atoms with Gasteiger partial charge in [-0.1, -0.05) is 13.8 Å². The maximum atomic E-state index is 4.36. The smallest absolute Gasteiger partial charge is 0.0950 e. The molecule has 17 heavy (non-hydrogen) atoms. The molecule has 1 aromatic rings. The van der Waals surface area contributed by atoms with E-state index >= 15 is 0 Å². The molecular formula is C14H23N3. The molecule has 2 fully saturated rings. The first-order valence-electron chi connectivity index (χ1n) is 6.99. The van der Waals surface area contributed by atoms with Crippen LogP contribution in [0.15, 0.2) is 12.5 Å². The minimum Gasteiger partial charge on any atom is -0.331 e. The minimum atomic E-state index is 0.685. The van der Waals surface area contributed by atoms with Crippen LogP contribution in [0.25, 0.3) is 0 Å². The largest absolute Gasteiger partial charge is 0.331 e. The van der Waals surface area contributed by atoms with Crippen molar-refractivity contribution in [3.63, 3.8) is 0 Å². The number of piperidine rings is 1. The molecule has 0 amide bonds. The molecule has 2 saturated heterocycles. The zero-order chi connectivity index (χ0) is 11.8. The van der Waals surface area contributed by atoms with Gasteiger partial charge < -0.3 is 9.88 Å². The first-order valence-corrected chi connectivity index (χ1v) is 6.99. The summed E-state index contributed by atoms with van der Waals surface area (Å²) in [6, 6.07) is 2.20. The summed E-state index contributed by atoms with van der Waals surface area (Å²) >= 11 is 0. The lowest BCUT2D eigenvalue weighted by atomic mass is 9.98. The van der Waals surface area contributed by atoms with Gasteiger partial charge in [-0.3, -0.25) is 0 Å². The SMILES string of the molecule is CC(C)Cc1cncn1C1CC2CCC(C1)N2. The third kappa shape index (κ3) is 2.25. The number of imidazole rings is 1. The van der Waals surface area contributed by atoms with E-state index in [9.17, 15) is 0 Å². The predicted molar refractivity (Wildman–Crippen MR) is 69.0 cm³/mol. The van der Waals surface area contributed by atoms with E-state index < -0.39 is 0 Å². The van der Waals surface area contributed by atoms with E-state index in [0.717, 1.165) is 18.5 Å². The zero-order valence-corrected chi connectivity index (χ0v) is 10.9. The van der Waals surface area contributed by atoms with Gasteiger partial charge in [0, 0.05) is 30.0 Å². The fourth-order valence-corrected chi connectivity index (χ4v) is 3.49. The number of nitrogens with zero attached hydrogens (tertiary/aromatic N) is 2. The van der Waals surface area contributed by atoms with Crippen LogP contribution in [0.2, 0.25) is 0 Å². The molecule has 0 aliphatic carbocycles. The first-order chi connectivity index (χ1) is 8.22. The Hall–Kier alpha value is -0.830. The second-order valence-electron chi connectivity index (χ2n) is 6.15. The van der Waals surface area contributed by atoms with Crippen molar-refractivity contribution in [3.8, 4) is 0 Å². The summed E-state index contributed by atoms with van der Waals surface area (Å²) in [6.07, 6.45) is 10.6. The highest BCUT2D eigenvalue weighted by molar-refractivity contribution is 5.04. The Bertz CT molecular complexity index is 371. The fourth-order valence-electron chi connectivity index (χ4n) is 3.49. The van der Waals surface area contributed by atoms with E-state index in [1.807, 2.05) is 6.33 Å². The van der Waals surface area contributed by atoms with Crippen molar-refractivity contribution in [2.24, 2.45) is 5.92 Å². The quantitative estimate of drug-likeness (QED) is 0.869. The van der Waals surface area contributed by atoms with Gasteiger partial charge in [0.25, 0.3) is 0 Å². The van der Waals surface area contributed by atoms with Crippen LogP contribution in [-0.4, -0.2) is 21.6 Å². The molecule has 1 N–H and O–H groups in total. The average molecular weight is 233 g/mol. The third-order valence-electron chi connectivity index (χ3n) is 4.21. The monoisotopic (exact) mass is 233 g/mol. The van der Waals surface area contributed by atoms with Crippen molar-refractivity contribution in [1.29, 1.82) is 0 Å². The molecule has 3 heteroatoms.